The Bertz CT molecular complexity index is 509. The molecule has 1 unspecified atom stereocenters. The van der Waals surface area contributed by atoms with Gasteiger partial charge in [0, 0.05) is 12.2 Å². The third-order valence-corrected chi connectivity index (χ3v) is 4.29. The molecule has 0 amide bonds. The van der Waals surface area contributed by atoms with Gasteiger partial charge in [-0.05, 0) is 13.0 Å². The van der Waals surface area contributed by atoms with E-state index in [0.29, 0.717) is 18.5 Å². The van der Waals surface area contributed by atoms with Crippen molar-refractivity contribution in [1.82, 2.24) is 0 Å². The highest BCUT2D eigenvalue weighted by molar-refractivity contribution is 9.09. The maximum Gasteiger partial charge on any atom is 0.184 e. The first-order chi connectivity index (χ1) is 11.3. The van der Waals surface area contributed by atoms with Crippen LogP contribution >= 0.6 is 15.9 Å². The van der Waals surface area contributed by atoms with Crippen LogP contribution in [0.5, 0.6) is 0 Å². The van der Waals surface area contributed by atoms with Gasteiger partial charge in [-0.2, -0.15) is 0 Å². The molecule has 1 aromatic carbocycles. The number of rotatable bonds is 6. The fourth-order valence-electron chi connectivity index (χ4n) is 2.67. The molecule has 23 heavy (non-hydrogen) atoms. The maximum absolute atomic E-state index is 6.12. The van der Waals surface area contributed by atoms with Crippen molar-refractivity contribution in [2.75, 3.05) is 18.5 Å². The molecule has 0 N–H and O–H groups in total. The normalized spacial score (nSPS) is 31.2. The van der Waals surface area contributed by atoms with Crippen LogP contribution in [0.3, 0.4) is 0 Å². The van der Waals surface area contributed by atoms with E-state index < -0.39 is 6.29 Å². The molecular formula is C17H21BrO5. The largest absolute Gasteiger partial charge is 0.493 e. The summed E-state index contributed by atoms with van der Waals surface area (Å²) in [5, 5.41) is 0.599. The van der Waals surface area contributed by atoms with E-state index in [2.05, 4.69) is 15.9 Å². The number of fused-ring (bicyclic) bond motifs is 1. The smallest absolute Gasteiger partial charge is 0.184 e. The van der Waals surface area contributed by atoms with E-state index in [1.54, 1.807) is 6.26 Å². The molecule has 0 bridgehead atoms. The predicted octanol–water partition coefficient (Wildman–Crippen LogP) is 3.16. The highest BCUT2D eigenvalue weighted by atomic mass is 79.9. The van der Waals surface area contributed by atoms with Crippen LogP contribution in [0.1, 0.15) is 18.8 Å². The molecule has 126 valence electrons. The Morgan fingerprint density at radius 3 is 2.87 bits per heavy atom. The lowest BCUT2D eigenvalue weighted by Gasteiger charge is -2.41. The summed E-state index contributed by atoms with van der Waals surface area (Å²) in [7, 11) is 0. The molecule has 5 atom stereocenters. The van der Waals surface area contributed by atoms with Gasteiger partial charge in [-0.1, -0.05) is 46.3 Å². The van der Waals surface area contributed by atoms with Crippen molar-refractivity contribution in [2.24, 2.45) is 0 Å². The van der Waals surface area contributed by atoms with Crippen molar-refractivity contribution in [1.29, 1.82) is 0 Å². The molecule has 2 heterocycles. The highest BCUT2D eigenvalue weighted by Crippen LogP contribution is 2.32. The summed E-state index contributed by atoms with van der Waals surface area (Å²) in [5.41, 5.74) is 0.987. The Labute approximate surface area is 144 Å². The topological polar surface area (TPSA) is 46.2 Å². The van der Waals surface area contributed by atoms with Crippen LogP contribution in [-0.2, 0) is 23.7 Å². The van der Waals surface area contributed by atoms with Gasteiger partial charge in [0.05, 0.1) is 18.2 Å². The summed E-state index contributed by atoms with van der Waals surface area (Å²) in [6.07, 6.45) is 2.13. The second-order valence-corrected chi connectivity index (χ2v) is 5.97. The van der Waals surface area contributed by atoms with Crippen LogP contribution in [0, 0.1) is 0 Å². The molecule has 2 aliphatic heterocycles. The molecule has 0 radical (unpaired) electrons. The Hall–Kier alpha value is -0.920. The standard InChI is InChI=1S/C17H21BrO5/c1-2-19-15(10-18)22-13-8-9-20-14-11-21-17(23-16(13)14)12-6-4-3-5-7-12/h3-9,13-17H,2,10-11H2,1H3/t13-,14+,15?,16-,17+/m0/s1. The first-order valence-corrected chi connectivity index (χ1v) is 8.91. The Balaban J connectivity index is 1.69. The second kappa shape index (κ2) is 8.26. The summed E-state index contributed by atoms with van der Waals surface area (Å²) in [6, 6.07) is 9.88. The van der Waals surface area contributed by atoms with Crippen molar-refractivity contribution in [3.63, 3.8) is 0 Å². The van der Waals surface area contributed by atoms with E-state index in [1.807, 2.05) is 43.3 Å². The summed E-state index contributed by atoms with van der Waals surface area (Å²) in [5.74, 6) is 0. The second-order valence-electron chi connectivity index (χ2n) is 5.32. The van der Waals surface area contributed by atoms with Gasteiger partial charge in [-0.15, -0.1) is 0 Å². The minimum Gasteiger partial charge on any atom is -0.493 e. The number of benzene rings is 1. The number of halogens is 1. The number of alkyl halides is 1. The van der Waals surface area contributed by atoms with Crippen LogP contribution in [0.2, 0.25) is 0 Å². The molecule has 0 saturated carbocycles. The van der Waals surface area contributed by atoms with E-state index in [9.17, 15) is 0 Å². The van der Waals surface area contributed by atoms with Crippen molar-refractivity contribution >= 4 is 15.9 Å². The first kappa shape index (κ1) is 16.9. The lowest BCUT2D eigenvalue weighted by Crippen LogP contribution is -2.51. The average Bonchev–Trinajstić information content (AvgIpc) is 2.62. The predicted molar refractivity (Wildman–Crippen MR) is 88.1 cm³/mol. The zero-order valence-corrected chi connectivity index (χ0v) is 14.6. The van der Waals surface area contributed by atoms with Crippen molar-refractivity contribution < 1.29 is 23.7 Å². The zero-order valence-electron chi connectivity index (χ0n) is 13.0. The molecule has 0 spiro atoms. The molecule has 1 fully saturated rings. The number of hydrogen-bond acceptors (Lipinski definition) is 5. The van der Waals surface area contributed by atoms with Gasteiger partial charge < -0.3 is 23.7 Å². The number of ether oxygens (including phenoxy) is 5. The fourth-order valence-corrected chi connectivity index (χ4v) is 3.01. The van der Waals surface area contributed by atoms with E-state index in [1.165, 1.54) is 0 Å². The van der Waals surface area contributed by atoms with Crippen LogP contribution in [0.4, 0.5) is 0 Å². The number of hydrogen-bond donors (Lipinski definition) is 0. The van der Waals surface area contributed by atoms with Gasteiger partial charge in [0.25, 0.3) is 0 Å². The SMILES string of the molecule is CCOC(CBr)O[C@H]1C=CO[C@@H]2CO[C@@H](c3ccccc3)O[C@@H]12. The lowest BCUT2D eigenvalue weighted by molar-refractivity contribution is -0.292. The van der Waals surface area contributed by atoms with Crippen LogP contribution < -0.4 is 0 Å². The molecule has 1 saturated heterocycles. The van der Waals surface area contributed by atoms with E-state index in [0.717, 1.165) is 5.56 Å². The highest BCUT2D eigenvalue weighted by Gasteiger charge is 2.41. The van der Waals surface area contributed by atoms with Crippen molar-refractivity contribution in [3.8, 4) is 0 Å². The van der Waals surface area contributed by atoms with Crippen LogP contribution in [-0.4, -0.2) is 43.1 Å². The molecule has 3 rings (SSSR count). The Morgan fingerprint density at radius 1 is 1.30 bits per heavy atom. The van der Waals surface area contributed by atoms with Gasteiger partial charge in [0.15, 0.2) is 18.7 Å². The van der Waals surface area contributed by atoms with Crippen molar-refractivity contribution in [2.45, 2.75) is 37.8 Å². The van der Waals surface area contributed by atoms with Crippen LogP contribution in [0.15, 0.2) is 42.7 Å². The molecule has 1 aromatic rings. The van der Waals surface area contributed by atoms with Crippen LogP contribution in [0.25, 0.3) is 0 Å². The minimum atomic E-state index is -0.409. The third kappa shape index (κ3) is 4.14. The van der Waals surface area contributed by atoms with E-state index in [4.69, 9.17) is 23.7 Å². The molecule has 6 heteroatoms. The van der Waals surface area contributed by atoms with Gasteiger partial charge in [-0.25, -0.2) is 0 Å². The minimum absolute atomic E-state index is 0.178. The van der Waals surface area contributed by atoms with E-state index >= 15 is 0 Å². The summed E-state index contributed by atoms with van der Waals surface area (Å²) in [6.45, 7) is 2.99. The van der Waals surface area contributed by atoms with Crippen molar-refractivity contribution in [3.05, 3.63) is 48.2 Å². The van der Waals surface area contributed by atoms with Gasteiger partial charge >= 0.3 is 0 Å². The molecule has 0 aliphatic carbocycles. The molecular weight excluding hydrogens is 364 g/mol. The fraction of sp³-hybridized carbons (Fsp3) is 0.529. The molecule has 2 aliphatic rings. The Morgan fingerprint density at radius 2 is 2.13 bits per heavy atom. The summed E-state index contributed by atoms with van der Waals surface area (Å²) < 4.78 is 29.1. The van der Waals surface area contributed by atoms with E-state index in [-0.39, 0.29) is 24.6 Å². The summed E-state index contributed by atoms with van der Waals surface area (Å²) >= 11 is 3.41. The third-order valence-electron chi connectivity index (χ3n) is 3.76. The van der Waals surface area contributed by atoms with Gasteiger partial charge in [0.2, 0.25) is 0 Å². The summed E-state index contributed by atoms with van der Waals surface area (Å²) in [4.78, 5) is 0. The average molecular weight is 385 g/mol. The molecule has 5 nitrogen and oxygen atoms in total. The maximum atomic E-state index is 6.12. The molecule has 0 aromatic heterocycles. The van der Waals surface area contributed by atoms with Gasteiger partial charge in [-0.3, -0.25) is 0 Å². The van der Waals surface area contributed by atoms with Gasteiger partial charge in [0.1, 0.15) is 12.2 Å². The monoisotopic (exact) mass is 384 g/mol. The first-order valence-electron chi connectivity index (χ1n) is 7.79. The Kier molecular flexibility index (Phi) is 6.08. The lowest BCUT2D eigenvalue weighted by atomic mass is 10.0. The quantitative estimate of drug-likeness (QED) is 0.556. The zero-order chi connectivity index (χ0) is 16.1.